The van der Waals surface area contributed by atoms with E-state index < -0.39 is 5.97 Å². The molecule has 28 heavy (non-hydrogen) atoms. The number of nitrogens with zero attached hydrogens (tertiary/aromatic N) is 2. The number of hydrogen-bond acceptors (Lipinski definition) is 3. The Morgan fingerprint density at radius 3 is 2.64 bits per heavy atom. The van der Waals surface area contributed by atoms with Gasteiger partial charge in [-0.05, 0) is 67.7 Å². The molecule has 2 N–H and O–H groups in total. The Kier molecular flexibility index (Phi) is 5.28. The fraction of sp³-hybridized carbons (Fsp3) is 0.409. The van der Waals surface area contributed by atoms with Crippen molar-refractivity contribution in [2.75, 3.05) is 18.4 Å². The number of aromatic nitrogens is 1. The first kappa shape index (κ1) is 18.5. The van der Waals surface area contributed by atoms with Crippen LogP contribution >= 0.6 is 0 Å². The van der Waals surface area contributed by atoms with Crippen molar-refractivity contribution in [1.82, 2.24) is 9.88 Å². The highest BCUT2D eigenvalue weighted by atomic mass is 16.4. The van der Waals surface area contributed by atoms with Gasteiger partial charge in [0.05, 0.1) is 17.4 Å². The van der Waals surface area contributed by atoms with Crippen LogP contribution in [-0.2, 0) is 12.8 Å². The Hall–Kier alpha value is -2.89. The van der Waals surface area contributed by atoms with Crippen LogP contribution in [0.1, 0.15) is 58.8 Å². The minimum Gasteiger partial charge on any atom is -0.478 e. The highest BCUT2D eigenvalue weighted by Gasteiger charge is 2.26. The van der Waals surface area contributed by atoms with Gasteiger partial charge < -0.3 is 15.3 Å². The van der Waals surface area contributed by atoms with Crippen LogP contribution in [0.25, 0.3) is 0 Å². The lowest BCUT2D eigenvalue weighted by Crippen LogP contribution is -2.40. The molecule has 2 aliphatic rings. The molecule has 1 aromatic heterocycles. The number of urea groups is 1. The molecule has 1 fully saturated rings. The summed E-state index contributed by atoms with van der Waals surface area (Å²) in [7, 11) is 0. The van der Waals surface area contributed by atoms with Gasteiger partial charge in [-0.2, -0.15) is 0 Å². The molecular formula is C22H25N3O3. The molecule has 0 atom stereocenters. The van der Waals surface area contributed by atoms with Gasteiger partial charge in [0.25, 0.3) is 0 Å². The lowest BCUT2D eigenvalue weighted by atomic mass is 9.86. The van der Waals surface area contributed by atoms with E-state index >= 15 is 0 Å². The average molecular weight is 379 g/mol. The Bertz CT molecular complexity index is 888. The second kappa shape index (κ2) is 8.00. The second-order valence-corrected chi connectivity index (χ2v) is 7.62. The number of carbonyl (C=O) groups excluding carboxylic acids is 1. The normalized spacial score (nSPS) is 17.1. The average Bonchev–Trinajstić information content (AvgIpc) is 2.73. The molecule has 0 radical (unpaired) electrons. The van der Waals surface area contributed by atoms with E-state index in [0.29, 0.717) is 18.7 Å². The first-order chi connectivity index (χ1) is 13.6. The first-order valence-electron chi connectivity index (χ1n) is 9.98. The number of aryl methyl sites for hydroxylation is 2. The minimum absolute atomic E-state index is 0.109. The molecule has 1 aliphatic carbocycles. The van der Waals surface area contributed by atoms with Gasteiger partial charge in [-0.15, -0.1) is 0 Å². The summed E-state index contributed by atoms with van der Waals surface area (Å²) >= 11 is 0. The number of carboxylic acid groups (broad SMARTS) is 1. The molecule has 0 unspecified atom stereocenters. The SMILES string of the molecule is O=C(O)c1ccccc1C1CCN(C(=O)Nc2cnc3c(c2)CCCC3)CC1. The minimum atomic E-state index is -0.893. The number of fused-ring (bicyclic) bond motifs is 1. The van der Waals surface area contributed by atoms with Crippen LogP contribution in [-0.4, -0.2) is 40.1 Å². The summed E-state index contributed by atoms with van der Waals surface area (Å²) in [5.41, 5.74) is 4.39. The third kappa shape index (κ3) is 3.86. The summed E-state index contributed by atoms with van der Waals surface area (Å²) in [4.78, 5) is 30.4. The predicted molar refractivity (Wildman–Crippen MR) is 107 cm³/mol. The van der Waals surface area contributed by atoms with Crippen molar-refractivity contribution >= 4 is 17.7 Å². The first-order valence-corrected chi connectivity index (χ1v) is 9.98. The third-order valence-electron chi connectivity index (χ3n) is 5.83. The van der Waals surface area contributed by atoms with Gasteiger partial charge in [-0.1, -0.05) is 18.2 Å². The molecule has 2 heterocycles. The Balaban J connectivity index is 1.37. The zero-order valence-electron chi connectivity index (χ0n) is 15.9. The molecule has 1 aliphatic heterocycles. The number of pyridine rings is 1. The number of amides is 2. The number of carbonyl (C=O) groups is 2. The van der Waals surface area contributed by atoms with E-state index in [4.69, 9.17) is 0 Å². The fourth-order valence-corrected chi connectivity index (χ4v) is 4.30. The van der Waals surface area contributed by atoms with Crippen molar-refractivity contribution in [3.05, 3.63) is 58.9 Å². The number of anilines is 1. The summed E-state index contributed by atoms with van der Waals surface area (Å²) in [6, 6.07) is 9.12. The molecule has 2 amide bonds. The molecule has 1 saturated heterocycles. The third-order valence-corrected chi connectivity index (χ3v) is 5.83. The maximum atomic E-state index is 12.6. The molecule has 6 heteroatoms. The van der Waals surface area contributed by atoms with Crippen LogP contribution < -0.4 is 5.32 Å². The van der Waals surface area contributed by atoms with Gasteiger partial charge >= 0.3 is 12.0 Å². The van der Waals surface area contributed by atoms with Crippen molar-refractivity contribution in [3.8, 4) is 0 Å². The van der Waals surface area contributed by atoms with Gasteiger partial charge in [0.2, 0.25) is 0 Å². The van der Waals surface area contributed by atoms with Gasteiger partial charge in [0.15, 0.2) is 0 Å². The predicted octanol–water partition coefficient (Wildman–Crippen LogP) is 4.07. The highest BCUT2D eigenvalue weighted by molar-refractivity contribution is 5.90. The van der Waals surface area contributed by atoms with Crippen molar-refractivity contribution in [2.24, 2.45) is 0 Å². The van der Waals surface area contributed by atoms with Gasteiger partial charge in [-0.3, -0.25) is 4.98 Å². The fourth-order valence-electron chi connectivity index (χ4n) is 4.30. The van der Waals surface area contributed by atoms with Gasteiger partial charge in [-0.25, -0.2) is 9.59 Å². The number of benzene rings is 1. The summed E-state index contributed by atoms with van der Waals surface area (Å²) in [5.74, 6) is -0.725. The van der Waals surface area contributed by atoms with Crippen LogP contribution in [0.2, 0.25) is 0 Å². The van der Waals surface area contributed by atoms with E-state index in [9.17, 15) is 14.7 Å². The summed E-state index contributed by atoms with van der Waals surface area (Å²) < 4.78 is 0. The van der Waals surface area contributed by atoms with Crippen molar-refractivity contribution < 1.29 is 14.7 Å². The maximum absolute atomic E-state index is 12.6. The van der Waals surface area contributed by atoms with Crippen LogP contribution in [0.5, 0.6) is 0 Å². The van der Waals surface area contributed by atoms with Crippen LogP contribution in [0.3, 0.4) is 0 Å². The smallest absolute Gasteiger partial charge is 0.335 e. The number of likely N-dealkylation sites (tertiary alicyclic amines) is 1. The van der Waals surface area contributed by atoms with Crippen LogP contribution in [0, 0.1) is 0 Å². The van der Waals surface area contributed by atoms with Crippen LogP contribution in [0.4, 0.5) is 10.5 Å². The Labute approximate surface area is 164 Å². The molecule has 0 saturated carbocycles. The number of nitrogens with one attached hydrogen (secondary N) is 1. The van der Waals surface area contributed by atoms with E-state index in [2.05, 4.69) is 16.4 Å². The Morgan fingerprint density at radius 2 is 1.86 bits per heavy atom. The maximum Gasteiger partial charge on any atom is 0.335 e. The monoisotopic (exact) mass is 379 g/mol. The summed E-state index contributed by atoms with van der Waals surface area (Å²) in [6.07, 6.45) is 7.69. The quantitative estimate of drug-likeness (QED) is 0.842. The molecule has 4 rings (SSSR count). The summed E-state index contributed by atoms with van der Waals surface area (Å²) in [5, 5.41) is 12.4. The Morgan fingerprint density at radius 1 is 1.11 bits per heavy atom. The van der Waals surface area contributed by atoms with Gasteiger partial charge in [0.1, 0.15) is 0 Å². The van der Waals surface area contributed by atoms with Crippen LogP contribution in [0.15, 0.2) is 36.5 Å². The molecule has 6 nitrogen and oxygen atoms in total. The number of hydrogen-bond donors (Lipinski definition) is 2. The van der Waals surface area contributed by atoms with Gasteiger partial charge in [0, 0.05) is 18.8 Å². The molecule has 146 valence electrons. The number of aromatic carboxylic acids is 1. The molecule has 2 aromatic rings. The standard InChI is InChI=1S/C22H25N3O3/c26-21(27)19-7-3-2-6-18(19)15-9-11-25(12-10-15)22(28)24-17-13-16-5-1-4-8-20(16)23-14-17/h2-3,6-7,13-15H,1,4-5,8-12H2,(H,24,28)(H,26,27). The molecular weight excluding hydrogens is 354 g/mol. The van der Waals surface area contributed by atoms with Crippen molar-refractivity contribution in [1.29, 1.82) is 0 Å². The van der Waals surface area contributed by atoms with E-state index in [1.165, 1.54) is 18.4 Å². The topological polar surface area (TPSA) is 82.5 Å². The van der Waals surface area contributed by atoms with E-state index in [0.717, 1.165) is 42.6 Å². The number of piperidine rings is 1. The zero-order valence-corrected chi connectivity index (χ0v) is 15.9. The molecule has 0 bridgehead atoms. The van der Waals surface area contributed by atoms with E-state index in [1.807, 2.05) is 12.1 Å². The number of carboxylic acids is 1. The highest BCUT2D eigenvalue weighted by Crippen LogP contribution is 2.31. The molecule has 0 spiro atoms. The second-order valence-electron chi connectivity index (χ2n) is 7.62. The van der Waals surface area contributed by atoms with E-state index in [-0.39, 0.29) is 11.9 Å². The van der Waals surface area contributed by atoms with E-state index in [1.54, 1.807) is 23.2 Å². The van der Waals surface area contributed by atoms with Crippen molar-refractivity contribution in [3.63, 3.8) is 0 Å². The summed E-state index contributed by atoms with van der Waals surface area (Å²) in [6.45, 7) is 1.23. The zero-order chi connectivity index (χ0) is 19.5. The lowest BCUT2D eigenvalue weighted by molar-refractivity contribution is 0.0694. The molecule has 1 aromatic carbocycles. The largest absolute Gasteiger partial charge is 0.478 e. The lowest BCUT2D eigenvalue weighted by Gasteiger charge is -2.32. The van der Waals surface area contributed by atoms with Crippen molar-refractivity contribution in [2.45, 2.75) is 44.4 Å². The number of rotatable bonds is 3.